The molecular formula is C18H28N4O2. The van der Waals surface area contributed by atoms with Crippen LogP contribution in [0.25, 0.3) is 0 Å². The molecule has 2 N–H and O–H groups in total. The normalized spacial score (nSPS) is 33.3. The van der Waals surface area contributed by atoms with Gasteiger partial charge in [0.05, 0.1) is 0 Å². The number of likely N-dealkylation sites (tertiary alicyclic amines) is 1. The lowest BCUT2D eigenvalue weighted by atomic mass is 9.71. The van der Waals surface area contributed by atoms with Crippen LogP contribution in [0.2, 0.25) is 0 Å². The summed E-state index contributed by atoms with van der Waals surface area (Å²) in [6, 6.07) is 1.27. The molecule has 0 radical (unpaired) electrons. The van der Waals surface area contributed by atoms with Crippen LogP contribution in [0.1, 0.15) is 55.9 Å². The first-order valence-electron chi connectivity index (χ1n) is 9.50. The smallest absolute Gasteiger partial charge is 0.323 e. The molecule has 24 heavy (non-hydrogen) atoms. The minimum Gasteiger partial charge on any atom is -0.337 e. The average molecular weight is 332 g/mol. The standard InChI is InChI=1S/C18H28N4O2/c1-2-5-15-12-8-13(16-6-3-4-7-22(15)16)11-21(10-12)17(23)14-9-19-18(24)20-14/h9,12-13,15-16H,2-8,10-11H2,1H3,(H2,19,20,24)/t12-,13+,15-,16-/m0/s1. The summed E-state index contributed by atoms with van der Waals surface area (Å²) in [6.07, 6.45) is 9.13. The first-order valence-corrected chi connectivity index (χ1v) is 9.50. The van der Waals surface area contributed by atoms with Gasteiger partial charge in [-0.2, -0.15) is 0 Å². The van der Waals surface area contributed by atoms with E-state index in [9.17, 15) is 9.59 Å². The first-order chi connectivity index (χ1) is 11.7. The van der Waals surface area contributed by atoms with Crippen molar-refractivity contribution in [3.8, 4) is 0 Å². The van der Waals surface area contributed by atoms with Gasteiger partial charge in [-0.15, -0.1) is 0 Å². The highest BCUT2D eigenvalue weighted by Gasteiger charge is 2.47. The van der Waals surface area contributed by atoms with Gasteiger partial charge in [-0.3, -0.25) is 9.69 Å². The van der Waals surface area contributed by atoms with Crippen molar-refractivity contribution in [2.75, 3.05) is 19.6 Å². The number of piperidine rings is 3. The van der Waals surface area contributed by atoms with Gasteiger partial charge in [0.15, 0.2) is 0 Å². The minimum atomic E-state index is -0.308. The Morgan fingerprint density at radius 1 is 1.29 bits per heavy atom. The summed E-state index contributed by atoms with van der Waals surface area (Å²) in [5.74, 6) is 1.14. The molecule has 1 aromatic rings. The number of hydrogen-bond donors (Lipinski definition) is 2. The van der Waals surface area contributed by atoms with Crippen molar-refractivity contribution in [3.05, 3.63) is 22.4 Å². The summed E-state index contributed by atoms with van der Waals surface area (Å²) >= 11 is 0. The molecular weight excluding hydrogens is 304 g/mol. The van der Waals surface area contributed by atoms with E-state index in [-0.39, 0.29) is 11.6 Å². The Hall–Kier alpha value is -1.56. The van der Waals surface area contributed by atoms with E-state index in [1.807, 2.05) is 4.90 Å². The molecule has 6 nitrogen and oxygen atoms in total. The summed E-state index contributed by atoms with van der Waals surface area (Å²) in [7, 11) is 0. The number of amides is 1. The van der Waals surface area contributed by atoms with Gasteiger partial charge in [0, 0.05) is 31.4 Å². The SMILES string of the molecule is CCC[C@H]1[C@H]2C[C@H](CN(C(=O)c3c[nH]c(=O)[nH]3)C2)[C@@H]2CCCCN21. The lowest BCUT2D eigenvalue weighted by Gasteiger charge is -2.57. The van der Waals surface area contributed by atoms with Crippen LogP contribution in [0.4, 0.5) is 0 Å². The predicted molar refractivity (Wildman–Crippen MR) is 92.0 cm³/mol. The number of aromatic amines is 2. The van der Waals surface area contributed by atoms with Gasteiger partial charge in [-0.05, 0) is 44.1 Å². The molecule has 0 spiro atoms. The highest BCUT2D eigenvalue weighted by atomic mass is 16.2. The van der Waals surface area contributed by atoms with Crippen LogP contribution in [0.15, 0.2) is 11.0 Å². The number of H-pyrrole nitrogens is 2. The number of carbonyl (C=O) groups is 1. The highest BCUT2D eigenvalue weighted by Crippen LogP contribution is 2.42. The Morgan fingerprint density at radius 2 is 2.12 bits per heavy atom. The third-order valence-corrected chi connectivity index (χ3v) is 6.32. The third kappa shape index (κ3) is 2.70. The van der Waals surface area contributed by atoms with Crippen LogP contribution in [0.5, 0.6) is 0 Å². The van der Waals surface area contributed by atoms with Crippen molar-refractivity contribution in [2.24, 2.45) is 11.8 Å². The zero-order valence-electron chi connectivity index (χ0n) is 14.5. The van der Waals surface area contributed by atoms with Crippen molar-refractivity contribution in [2.45, 2.75) is 57.5 Å². The summed E-state index contributed by atoms with van der Waals surface area (Å²) in [5, 5.41) is 0. The van der Waals surface area contributed by atoms with Crippen molar-refractivity contribution >= 4 is 5.91 Å². The highest BCUT2D eigenvalue weighted by molar-refractivity contribution is 5.92. The minimum absolute atomic E-state index is 0.0254. The number of imidazole rings is 1. The van der Waals surface area contributed by atoms with Crippen molar-refractivity contribution in [1.82, 2.24) is 19.8 Å². The van der Waals surface area contributed by atoms with Gasteiger partial charge in [-0.1, -0.05) is 19.8 Å². The molecule has 0 aromatic carbocycles. The van der Waals surface area contributed by atoms with Gasteiger partial charge in [0.25, 0.3) is 5.91 Å². The van der Waals surface area contributed by atoms with Gasteiger partial charge in [0.1, 0.15) is 5.69 Å². The molecule has 4 heterocycles. The Morgan fingerprint density at radius 3 is 2.88 bits per heavy atom. The molecule has 3 aliphatic rings. The van der Waals surface area contributed by atoms with Crippen LogP contribution >= 0.6 is 0 Å². The molecule has 3 saturated heterocycles. The molecule has 0 aliphatic carbocycles. The molecule has 3 fully saturated rings. The number of carbonyl (C=O) groups excluding carboxylic acids is 1. The number of fused-ring (bicyclic) bond motifs is 4. The maximum absolute atomic E-state index is 12.8. The van der Waals surface area contributed by atoms with Crippen molar-refractivity contribution < 1.29 is 4.79 Å². The van der Waals surface area contributed by atoms with Crippen molar-refractivity contribution in [3.63, 3.8) is 0 Å². The largest absolute Gasteiger partial charge is 0.337 e. The second-order valence-corrected chi connectivity index (χ2v) is 7.78. The van der Waals surface area contributed by atoms with Crippen LogP contribution in [-0.4, -0.2) is 57.4 Å². The second-order valence-electron chi connectivity index (χ2n) is 7.78. The van der Waals surface area contributed by atoms with E-state index < -0.39 is 0 Å². The lowest BCUT2D eigenvalue weighted by Crippen LogP contribution is -2.64. The van der Waals surface area contributed by atoms with E-state index >= 15 is 0 Å². The summed E-state index contributed by atoms with van der Waals surface area (Å²) in [6.45, 7) is 5.17. The van der Waals surface area contributed by atoms with Crippen LogP contribution < -0.4 is 5.69 Å². The zero-order valence-corrected chi connectivity index (χ0v) is 14.5. The molecule has 3 aliphatic heterocycles. The predicted octanol–water partition coefficient (Wildman–Crippen LogP) is 1.82. The number of aromatic nitrogens is 2. The van der Waals surface area contributed by atoms with E-state index in [0.29, 0.717) is 29.6 Å². The molecule has 1 aromatic heterocycles. The summed E-state index contributed by atoms with van der Waals surface area (Å²) in [5.41, 5.74) is 0.0883. The van der Waals surface area contributed by atoms with E-state index in [1.165, 1.54) is 51.3 Å². The molecule has 2 bridgehead atoms. The number of hydrogen-bond acceptors (Lipinski definition) is 3. The Balaban J connectivity index is 1.57. The van der Waals surface area contributed by atoms with Crippen LogP contribution in [0.3, 0.4) is 0 Å². The monoisotopic (exact) mass is 332 g/mol. The summed E-state index contributed by atoms with van der Waals surface area (Å²) < 4.78 is 0. The van der Waals surface area contributed by atoms with Crippen LogP contribution in [-0.2, 0) is 0 Å². The van der Waals surface area contributed by atoms with Crippen molar-refractivity contribution in [1.29, 1.82) is 0 Å². The fourth-order valence-electron chi connectivity index (χ4n) is 5.39. The number of rotatable bonds is 3. The average Bonchev–Trinajstić information content (AvgIpc) is 3.04. The molecule has 6 heteroatoms. The van der Waals surface area contributed by atoms with Gasteiger partial charge in [-0.25, -0.2) is 4.79 Å². The fourth-order valence-corrected chi connectivity index (χ4v) is 5.39. The molecule has 4 rings (SSSR count). The first kappa shape index (κ1) is 15.9. The molecule has 4 atom stereocenters. The summed E-state index contributed by atoms with van der Waals surface area (Å²) in [4.78, 5) is 34.0. The lowest BCUT2D eigenvalue weighted by molar-refractivity contribution is -0.0671. The maximum atomic E-state index is 12.8. The quantitative estimate of drug-likeness (QED) is 0.887. The molecule has 0 unspecified atom stereocenters. The van der Waals surface area contributed by atoms with Gasteiger partial charge < -0.3 is 14.9 Å². The fraction of sp³-hybridized carbons (Fsp3) is 0.778. The Bertz CT molecular complexity index is 651. The van der Waals surface area contributed by atoms with Crippen LogP contribution in [0, 0.1) is 11.8 Å². The second kappa shape index (κ2) is 6.39. The molecule has 132 valence electrons. The topological polar surface area (TPSA) is 72.2 Å². The zero-order chi connectivity index (χ0) is 16.7. The number of nitrogens with zero attached hydrogens (tertiary/aromatic N) is 2. The van der Waals surface area contributed by atoms with E-state index in [0.717, 1.165) is 13.1 Å². The van der Waals surface area contributed by atoms with E-state index in [2.05, 4.69) is 21.8 Å². The Kier molecular flexibility index (Phi) is 4.24. The third-order valence-electron chi connectivity index (χ3n) is 6.32. The number of nitrogens with one attached hydrogen (secondary N) is 2. The van der Waals surface area contributed by atoms with E-state index in [4.69, 9.17) is 0 Å². The van der Waals surface area contributed by atoms with Gasteiger partial charge >= 0.3 is 5.69 Å². The van der Waals surface area contributed by atoms with E-state index in [1.54, 1.807) is 0 Å². The van der Waals surface area contributed by atoms with Gasteiger partial charge in [0.2, 0.25) is 0 Å². The molecule has 1 amide bonds. The molecule has 0 saturated carbocycles. The Labute approximate surface area is 142 Å². The maximum Gasteiger partial charge on any atom is 0.323 e.